The van der Waals surface area contributed by atoms with E-state index in [1.165, 1.54) is 34.6 Å². The van der Waals surface area contributed by atoms with Gasteiger partial charge in [0, 0.05) is 18.3 Å². The molecule has 0 amide bonds. The van der Waals surface area contributed by atoms with Crippen LogP contribution in [0.5, 0.6) is 0 Å². The number of fused-ring (bicyclic) bond motifs is 1. The summed E-state index contributed by atoms with van der Waals surface area (Å²) in [4.78, 5) is 0.0938. The van der Waals surface area contributed by atoms with Gasteiger partial charge in [-0.25, -0.2) is 8.42 Å². The van der Waals surface area contributed by atoms with Crippen LogP contribution in [0.2, 0.25) is 0 Å². The fourth-order valence-corrected chi connectivity index (χ4v) is 5.21. The van der Waals surface area contributed by atoms with Crippen molar-refractivity contribution >= 4 is 10.0 Å². The molecule has 158 valence electrons. The van der Waals surface area contributed by atoms with Crippen LogP contribution in [0.15, 0.2) is 59.6 Å². The monoisotopic (exact) mass is 435 g/mol. The van der Waals surface area contributed by atoms with Crippen LogP contribution >= 0.6 is 0 Å². The number of halogens is 3. The molecule has 0 bridgehead atoms. The molecule has 1 heterocycles. The van der Waals surface area contributed by atoms with Gasteiger partial charge in [-0.15, -0.1) is 0 Å². The topological polar surface area (TPSA) is 66.1 Å². The normalized spacial score (nSPS) is 17.2. The number of hydrogen-bond acceptors (Lipinski definition) is 3. The van der Waals surface area contributed by atoms with Gasteiger partial charge in [0.1, 0.15) is 0 Å². The van der Waals surface area contributed by atoms with Gasteiger partial charge >= 0.3 is 6.18 Å². The van der Waals surface area contributed by atoms with Gasteiger partial charge in [-0.2, -0.15) is 22.6 Å². The highest BCUT2D eigenvalue weighted by molar-refractivity contribution is 7.89. The lowest BCUT2D eigenvalue weighted by Crippen LogP contribution is -2.33. The van der Waals surface area contributed by atoms with Gasteiger partial charge in [0.2, 0.25) is 10.0 Å². The fraction of sp³-hybridized carbons (Fsp3) is 0.286. The van der Waals surface area contributed by atoms with Crippen molar-refractivity contribution in [3.63, 3.8) is 0 Å². The lowest BCUT2D eigenvalue weighted by Gasteiger charge is -2.30. The lowest BCUT2D eigenvalue weighted by atomic mass is 9.93. The zero-order chi connectivity index (χ0) is 21.5. The number of alkyl halides is 3. The van der Waals surface area contributed by atoms with Crippen LogP contribution in [0.25, 0.3) is 11.1 Å². The summed E-state index contributed by atoms with van der Waals surface area (Å²) in [7, 11) is -2.23. The predicted octanol–water partition coefficient (Wildman–Crippen LogP) is 4.79. The van der Waals surface area contributed by atoms with Gasteiger partial charge in [-0.05, 0) is 54.7 Å². The molecule has 0 saturated carbocycles. The minimum atomic E-state index is -4.44. The number of nitrogens with one attached hydrogen (secondary N) is 1. The lowest BCUT2D eigenvalue weighted by molar-refractivity contribution is -0.137. The summed E-state index contributed by atoms with van der Waals surface area (Å²) >= 11 is 0. The summed E-state index contributed by atoms with van der Waals surface area (Å²) in [5.41, 5.74) is 1.97. The van der Waals surface area contributed by atoms with Crippen LogP contribution in [0, 0.1) is 0 Å². The Morgan fingerprint density at radius 1 is 1.10 bits per heavy atom. The van der Waals surface area contributed by atoms with E-state index in [2.05, 4.69) is 10.2 Å². The highest BCUT2D eigenvalue weighted by atomic mass is 32.2. The molecule has 1 aliphatic carbocycles. The molecule has 30 heavy (non-hydrogen) atoms. The molecule has 0 radical (unpaired) electrons. The maximum atomic E-state index is 13.1. The van der Waals surface area contributed by atoms with Gasteiger partial charge in [0.25, 0.3) is 0 Å². The second kappa shape index (κ2) is 7.55. The van der Waals surface area contributed by atoms with E-state index in [1.807, 2.05) is 0 Å². The standard InChI is InChI=1S/C21H20F3N3O2S/c1-27(20-7-3-6-19-18(20)13-25-26-19)30(28,29)17-10-8-14(9-11-17)15-4-2-5-16(12-15)21(22,23)24/h2,4-5,8-13,20H,3,6-7H2,1H3,(H,25,26)/t20-/m1/s1. The Hall–Kier alpha value is -2.65. The number of aromatic amines is 1. The molecule has 0 aliphatic heterocycles. The minimum Gasteiger partial charge on any atom is -0.282 e. The molecule has 1 atom stereocenters. The molecule has 0 spiro atoms. The number of H-pyrrole nitrogens is 1. The molecular weight excluding hydrogens is 415 g/mol. The van der Waals surface area contributed by atoms with E-state index >= 15 is 0 Å². The smallest absolute Gasteiger partial charge is 0.282 e. The van der Waals surface area contributed by atoms with E-state index in [9.17, 15) is 21.6 Å². The fourth-order valence-electron chi connectivity index (χ4n) is 3.84. The van der Waals surface area contributed by atoms with Crippen molar-refractivity contribution in [2.24, 2.45) is 0 Å². The van der Waals surface area contributed by atoms with Crippen LogP contribution in [0.3, 0.4) is 0 Å². The second-order valence-corrected chi connectivity index (χ2v) is 9.33. The Morgan fingerprint density at radius 2 is 1.83 bits per heavy atom. The van der Waals surface area contributed by atoms with Gasteiger partial charge in [-0.3, -0.25) is 5.10 Å². The van der Waals surface area contributed by atoms with Crippen molar-refractivity contribution in [2.45, 2.75) is 36.4 Å². The number of nitrogens with zero attached hydrogens (tertiary/aromatic N) is 2. The number of benzene rings is 2. The van der Waals surface area contributed by atoms with E-state index in [-0.39, 0.29) is 10.9 Å². The zero-order valence-electron chi connectivity index (χ0n) is 16.1. The molecule has 0 unspecified atom stereocenters. The summed E-state index contributed by atoms with van der Waals surface area (Å²) in [5.74, 6) is 0. The summed E-state index contributed by atoms with van der Waals surface area (Å²) in [5, 5.41) is 6.96. The summed E-state index contributed by atoms with van der Waals surface area (Å²) in [6, 6.07) is 10.6. The van der Waals surface area contributed by atoms with Crippen LogP contribution in [-0.2, 0) is 22.6 Å². The average Bonchev–Trinajstić information content (AvgIpc) is 3.22. The molecule has 1 aromatic heterocycles. The molecule has 2 aromatic carbocycles. The van der Waals surface area contributed by atoms with E-state index < -0.39 is 21.8 Å². The third-order valence-electron chi connectivity index (χ3n) is 5.51. The van der Waals surface area contributed by atoms with E-state index in [4.69, 9.17) is 0 Å². The number of rotatable bonds is 4. The van der Waals surface area contributed by atoms with Crippen LogP contribution in [0.4, 0.5) is 13.2 Å². The highest BCUT2D eigenvalue weighted by Gasteiger charge is 2.33. The summed E-state index contributed by atoms with van der Waals surface area (Å²) < 4.78 is 66.5. The molecule has 1 N–H and O–H groups in total. The third kappa shape index (κ3) is 3.75. The summed E-state index contributed by atoms with van der Waals surface area (Å²) in [6.45, 7) is 0. The molecule has 0 saturated heterocycles. The van der Waals surface area contributed by atoms with E-state index in [0.29, 0.717) is 17.5 Å². The van der Waals surface area contributed by atoms with Crippen LogP contribution in [-0.4, -0.2) is 30.0 Å². The Kier molecular flexibility index (Phi) is 5.19. The van der Waals surface area contributed by atoms with Gasteiger partial charge in [-0.1, -0.05) is 24.3 Å². The van der Waals surface area contributed by atoms with Crippen molar-refractivity contribution < 1.29 is 21.6 Å². The van der Waals surface area contributed by atoms with Crippen molar-refractivity contribution in [1.82, 2.24) is 14.5 Å². The molecule has 1 aliphatic rings. The predicted molar refractivity (Wildman–Crippen MR) is 106 cm³/mol. The molecule has 0 fully saturated rings. The molecule has 4 rings (SSSR count). The van der Waals surface area contributed by atoms with E-state index in [0.717, 1.165) is 36.2 Å². The third-order valence-corrected chi connectivity index (χ3v) is 7.39. The quantitative estimate of drug-likeness (QED) is 0.641. The number of hydrogen-bond donors (Lipinski definition) is 1. The van der Waals surface area contributed by atoms with E-state index in [1.54, 1.807) is 19.3 Å². The Labute approximate surface area is 172 Å². The zero-order valence-corrected chi connectivity index (χ0v) is 17.0. The van der Waals surface area contributed by atoms with Crippen LogP contribution in [0.1, 0.15) is 35.7 Å². The number of aryl methyl sites for hydroxylation is 1. The second-order valence-electron chi connectivity index (χ2n) is 7.34. The minimum absolute atomic E-state index is 0.0938. The Balaban J connectivity index is 1.61. The van der Waals surface area contributed by atoms with Gasteiger partial charge < -0.3 is 0 Å². The number of aromatic nitrogens is 2. The SMILES string of the molecule is CN([C@@H]1CCCc2[nH]ncc21)S(=O)(=O)c1ccc(-c2cccc(C(F)(F)F)c2)cc1. The first kappa shape index (κ1) is 20.6. The number of sulfonamides is 1. The largest absolute Gasteiger partial charge is 0.416 e. The van der Waals surface area contributed by atoms with Crippen molar-refractivity contribution in [2.75, 3.05) is 7.05 Å². The van der Waals surface area contributed by atoms with Crippen molar-refractivity contribution in [3.05, 3.63) is 71.5 Å². The maximum Gasteiger partial charge on any atom is 0.416 e. The summed E-state index contributed by atoms with van der Waals surface area (Å²) in [6.07, 6.45) is -0.375. The molecule has 5 nitrogen and oxygen atoms in total. The molecule has 3 aromatic rings. The maximum absolute atomic E-state index is 13.1. The first-order valence-corrected chi connectivity index (χ1v) is 10.9. The van der Waals surface area contributed by atoms with Crippen LogP contribution < -0.4 is 0 Å². The highest BCUT2D eigenvalue weighted by Crippen LogP contribution is 2.36. The molecule has 9 heteroatoms. The molecular formula is C21H20F3N3O2S. The Bertz CT molecular complexity index is 1150. The van der Waals surface area contributed by atoms with Crippen molar-refractivity contribution in [1.29, 1.82) is 0 Å². The first-order valence-electron chi connectivity index (χ1n) is 9.46. The first-order chi connectivity index (χ1) is 14.2. The Morgan fingerprint density at radius 3 is 2.53 bits per heavy atom. The van der Waals surface area contributed by atoms with Crippen molar-refractivity contribution in [3.8, 4) is 11.1 Å². The van der Waals surface area contributed by atoms with Gasteiger partial charge in [0.15, 0.2) is 0 Å². The van der Waals surface area contributed by atoms with Gasteiger partial charge in [0.05, 0.1) is 22.7 Å². The average molecular weight is 435 g/mol.